The van der Waals surface area contributed by atoms with Gasteiger partial charge in [-0.05, 0) is 31.0 Å². The average molecular weight is 383 g/mol. The third-order valence-electron chi connectivity index (χ3n) is 3.59. The third-order valence-corrected chi connectivity index (χ3v) is 4.02. The van der Waals surface area contributed by atoms with E-state index in [2.05, 4.69) is 19.8 Å². The van der Waals surface area contributed by atoms with Crippen LogP contribution in [-0.4, -0.2) is 19.9 Å². The van der Waals surface area contributed by atoms with Crippen LogP contribution in [0.5, 0.6) is 11.5 Å². The van der Waals surface area contributed by atoms with Gasteiger partial charge in [-0.15, -0.1) is 0 Å². The molecule has 25 heavy (non-hydrogen) atoms. The van der Waals surface area contributed by atoms with Crippen LogP contribution in [0.25, 0.3) is 0 Å². The number of H-pyrrole nitrogens is 1. The lowest BCUT2D eigenvalue weighted by Crippen LogP contribution is -2.09. The summed E-state index contributed by atoms with van der Waals surface area (Å²) in [7, 11) is 0. The van der Waals surface area contributed by atoms with E-state index in [0.717, 1.165) is 11.4 Å². The number of rotatable bonds is 6. The molecule has 2 heterocycles. The number of benzene rings is 1. The lowest BCUT2D eigenvalue weighted by atomic mass is 10.2. The van der Waals surface area contributed by atoms with Gasteiger partial charge < -0.3 is 4.74 Å². The second-order valence-corrected chi connectivity index (χ2v) is 6.21. The van der Waals surface area contributed by atoms with Crippen LogP contribution in [0.1, 0.15) is 31.1 Å². The van der Waals surface area contributed by atoms with E-state index >= 15 is 0 Å². The summed E-state index contributed by atoms with van der Waals surface area (Å²) in [4.78, 5) is 13.6. The third kappa shape index (κ3) is 3.88. The molecule has 0 saturated carbocycles. The highest BCUT2D eigenvalue weighted by molar-refractivity contribution is 6.34. The molecule has 0 aliphatic heterocycles. The Bertz CT molecular complexity index is 925. The maximum Gasteiger partial charge on any atom is 0.438 e. The lowest BCUT2D eigenvalue weighted by molar-refractivity contribution is 0.378. The Hall–Kier alpha value is -2.25. The average Bonchev–Trinajstić information content (AvgIpc) is 3.10. The van der Waals surface area contributed by atoms with Crippen LogP contribution in [0, 0.1) is 0 Å². The molecule has 0 atom stereocenters. The Morgan fingerprint density at radius 1 is 1.20 bits per heavy atom. The molecule has 7 nitrogen and oxygen atoms in total. The Morgan fingerprint density at radius 3 is 2.48 bits per heavy atom. The molecule has 0 fully saturated rings. The van der Waals surface area contributed by atoms with Gasteiger partial charge in [-0.3, -0.25) is 14.2 Å². The van der Waals surface area contributed by atoms with Crippen molar-refractivity contribution < 1.29 is 9.26 Å². The van der Waals surface area contributed by atoms with Crippen LogP contribution in [0.15, 0.2) is 27.5 Å². The zero-order valence-electron chi connectivity index (χ0n) is 13.7. The molecule has 3 rings (SSSR count). The summed E-state index contributed by atoms with van der Waals surface area (Å²) in [6.07, 6.45) is 1.36. The topological polar surface area (TPSA) is 85.9 Å². The van der Waals surface area contributed by atoms with E-state index in [0.29, 0.717) is 40.2 Å². The first-order chi connectivity index (χ1) is 12.0. The molecule has 1 aromatic carbocycles. The number of nitrogens with one attached hydrogen (secondary N) is 1. The van der Waals surface area contributed by atoms with Crippen LogP contribution < -0.4 is 10.5 Å². The molecular formula is C16H16Cl2N4O3. The summed E-state index contributed by atoms with van der Waals surface area (Å²) in [5.41, 5.74) is 1.66. The number of nitrogens with zero attached hydrogens (tertiary/aromatic N) is 3. The second kappa shape index (κ2) is 7.33. The molecule has 0 unspecified atom stereocenters. The summed E-state index contributed by atoms with van der Waals surface area (Å²) >= 11 is 12.1. The van der Waals surface area contributed by atoms with Crippen molar-refractivity contribution in [3.63, 3.8) is 0 Å². The molecule has 2 aromatic heterocycles. The maximum absolute atomic E-state index is 11.1. The fourth-order valence-electron chi connectivity index (χ4n) is 2.53. The fraction of sp³-hybridized carbons (Fsp3) is 0.312. The number of hydrogen-bond donors (Lipinski definition) is 1. The van der Waals surface area contributed by atoms with E-state index in [-0.39, 0.29) is 6.54 Å². The number of aromatic amines is 1. The van der Waals surface area contributed by atoms with Gasteiger partial charge in [0, 0.05) is 10.0 Å². The number of aromatic nitrogens is 4. The molecule has 0 aliphatic carbocycles. The van der Waals surface area contributed by atoms with Crippen LogP contribution in [-0.2, 0) is 19.4 Å². The molecule has 132 valence electrons. The van der Waals surface area contributed by atoms with Crippen molar-refractivity contribution in [3.8, 4) is 11.5 Å². The van der Waals surface area contributed by atoms with Gasteiger partial charge in [-0.25, -0.2) is 4.79 Å². The van der Waals surface area contributed by atoms with Crippen molar-refractivity contribution in [1.29, 1.82) is 0 Å². The van der Waals surface area contributed by atoms with E-state index in [4.69, 9.17) is 27.9 Å². The van der Waals surface area contributed by atoms with Crippen LogP contribution >= 0.6 is 23.2 Å². The molecule has 0 spiro atoms. The molecule has 3 aromatic rings. The van der Waals surface area contributed by atoms with Gasteiger partial charge in [0.15, 0.2) is 11.6 Å². The molecule has 0 aliphatic rings. The van der Waals surface area contributed by atoms with E-state index in [1.54, 1.807) is 22.9 Å². The summed E-state index contributed by atoms with van der Waals surface area (Å²) in [5, 5.41) is 9.23. The van der Waals surface area contributed by atoms with Crippen molar-refractivity contribution >= 4 is 23.2 Å². The van der Waals surface area contributed by atoms with Crippen LogP contribution in [0.4, 0.5) is 0 Å². The van der Waals surface area contributed by atoms with Gasteiger partial charge in [0.25, 0.3) is 0 Å². The maximum atomic E-state index is 11.1. The van der Waals surface area contributed by atoms with Gasteiger partial charge >= 0.3 is 5.76 Å². The predicted octanol–water partition coefficient (Wildman–Crippen LogP) is 3.83. The molecule has 0 amide bonds. The zero-order valence-corrected chi connectivity index (χ0v) is 15.2. The van der Waals surface area contributed by atoms with Gasteiger partial charge in [0.2, 0.25) is 0 Å². The van der Waals surface area contributed by atoms with Crippen molar-refractivity contribution in [1.82, 2.24) is 19.9 Å². The minimum atomic E-state index is -0.596. The number of ether oxygens (including phenoxy) is 1. The number of halogens is 2. The van der Waals surface area contributed by atoms with Crippen molar-refractivity contribution in [2.75, 3.05) is 0 Å². The monoisotopic (exact) mass is 382 g/mol. The van der Waals surface area contributed by atoms with Gasteiger partial charge in [0.05, 0.1) is 5.69 Å². The molecule has 1 N–H and O–H groups in total. The predicted molar refractivity (Wildman–Crippen MR) is 93.7 cm³/mol. The number of hydrogen-bond acceptors (Lipinski definition) is 5. The Labute approximate surface area is 153 Å². The largest absolute Gasteiger partial charge is 0.453 e. The van der Waals surface area contributed by atoms with E-state index in [1.807, 2.05) is 13.8 Å². The van der Waals surface area contributed by atoms with Gasteiger partial charge in [-0.2, -0.15) is 5.10 Å². The molecule has 0 bridgehead atoms. The normalized spacial score (nSPS) is 11.0. The molecular weight excluding hydrogens is 367 g/mol. The SMILES string of the molecule is CCc1nn(Cc2noc(=O)[nH]2)c(CC)c1Oc1cc(Cl)cc(Cl)c1. The first-order valence-corrected chi connectivity index (χ1v) is 8.53. The fourth-order valence-corrected chi connectivity index (χ4v) is 3.04. The Balaban J connectivity index is 1.98. The molecule has 0 saturated heterocycles. The second-order valence-electron chi connectivity index (χ2n) is 5.34. The molecule has 9 heteroatoms. The molecule has 0 radical (unpaired) electrons. The van der Waals surface area contributed by atoms with Crippen LogP contribution in [0.3, 0.4) is 0 Å². The summed E-state index contributed by atoms with van der Waals surface area (Å²) in [6, 6.07) is 5.03. The zero-order chi connectivity index (χ0) is 18.0. The lowest BCUT2D eigenvalue weighted by Gasteiger charge is -2.09. The van der Waals surface area contributed by atoms with E-state index in [1.165, 1.54) is 0 Å². The highest BCUT2D eigenvalue weighted by Gasteiger charge is 2.19. The van der Waals surface area contributed by atoms with E-state index < -0.39 is 5.76 Å². The first-order valence-electron chi connectivity index (χ1n) is 7.77. The summed E-state index contributed by atoms with van der Waals surface area (Å²) in [5.74, 6) is 0.994. The highest BCUT2D eigenvalue weighted by atomic mass is 35.5. The van der Waals surface area contributed by atoms with Crippen molar-refractivity contribution in [2.45, 2.75) is 33.2 Å². The number of aryl methyl sites for hydroxylation is 1. The summed E-state index contributed by atoms with van der Waals surface area (Å²) < 4.78 is 12.3. The van der Waals surface area contributed by atoms with Gasteiger partial charge in [0.1, 0.15) is 18.0 Å². The Morgan fingerprint density at radius 2 is 1.92 bits per heavy atom. The quantitative estimate of drug-likeness (QED) is 0.699. The van der Waals surface area contributed by atoms with E-state index in [9.17, 15) is 4.79 Å². The van der Waals surface area contributed by atoms with Crippen LogP contribution in [0.2, 0.25) is 10.0 Å². The summed E-state index contributed by atoms with van der Waals surface area (Å²) in [6.45, 7) is 4.26. The minimum Gasteiger partial charge on any atom is -0.453 e. The highest BCUT2D eigenvalue weighted by Crippen LogP contribution is 2.33. The smallest absolute Gasteiger partial charge is 0.438 e. The van der Waals surface area contributed by atoms with Gasteiger partial charge in [-0.1, -0.05) is 42.2 Å². The van der Waals surface area contributed by atoms with Crippen molar-refractivity contribution in [3.05, 3.63) is 56.0 Å². The van der Waals surface area contributed by atoms with Crippen molar-refractivity contribution in [2.24, 2.45) is 0 Å². The Kier molecular flexibility index (Phi) is 5.15. The first kappa shape index (κ1) is 17.6. The minimum absolute atomic E-state index is 0.279. The standard InChI is InChI=1S/C16H16Cl2N4O3/c1-3-12-15(24-11-6-9(17)5-10(18)7-11)13(4-2)22(20-12)8-14-19-16(23)25-21-14/h5-7H,3-4,8H2,1-2H3,(H,19,21,23).